The minimum Gasteiger partial charge on any atom is -0.455 e. The Balaban J connectivity index is 1.82. The first kappa shape index (κ1) is 17.9. The number of nitrogens with zero attached hydrogens (tertiary/aromatic N) is 1. The van der Waals surface area contributed by atoms with Crippen molar-refractivity contribution in [3.05, 3.63) is 47.5 Å². The van der Waals surface area contributed by atoms with Crippen LogP contribution in [0.2, 0.25) is 0 Å². The van der Waals surface area contributed by atoms with Gasteiger partial charge in [0.05, 0.1) is 16.9 Å². The molecule has 0 radical (unpaired) electrons. The molecule has 1 aliphatic heterocycles. The molecule has 2 aromatic rings. The minimum absolute atomic E-state index is 0.366. The highest BCUT2D eigenvalue weighted by atomic mass is 19.1. The van der Waals surface area contributed by atoms with Gasteiger partial charge in [-0.15, -0.1) is 0 Å². The summed E-state index contributed by atoms with van der Waals surface area (Å²) in [6, 6.07) is 8.39. The number of hydrogen-bond donors (Lipinski definition) is 0. The standard InChI is InChI=1S/C19H23BFNO3/c1-12-7-10-17(13(2)22-12)23-14-8-9-15(16(21)11-14)20-24-18(3,4)19(5,6)25-20/h7-11H,1-6H3. The zero-order chi connectivity index (χ0) is 18.4. The van der Waals surface area contributed by atoms with Crippen LogP contribution in [-0.2, 0) is 9.31 Å². The topological polar surface area (TPSA) is 40.6 Å². The molecule has 6 heteroatoms. The van der Waals surface area contributed by atoms with Crippen molar-refractivity contribution in [1.82, 2.24) is 4.98 Å². The summed E-state index contributed by atoms with van der Waals surface area (Å²) in [5, 5.41) is 0. The predicted molar refractivity (Wildman–Crippen MR) is 95.9 cm³/mol. The lowest BCUT2D eigenvalue weighted by Crippen LogP contribution is -2.41. The molecule has 0 saturated carbocycles. The second-order valence-corrected chi connectivity index (χ2v) is 7.41. The number of aromatic nitrogens is 1. The fourth-order valence-electron chi connectivity index (χ4n) is 2.64. The summed E-state index contributed by atoms with van der Waals surface area (Å²) < 4.78 is 32.2. The van der Waals surface area contributed by atoms with Crippen molar-refractivity contribution in [2.75, 3.05) is 0 Å². The van der Waals surface area contributed by atoms with Crippen LogP contribution >= 0.6 is 0 Å². The van der Waals surface area contributed by atoms with Crippen molar-refractivity contribution in [2.45, 2.75) is 52.7 Å². The smallest absolute Gasteiger partial charge is 0.455 e. The van der Waals surface area contributed by atoms with Crippen LogP contribution in [0.3, 0.4) is 0 Å². The van der Waals surface area contributed by atoms with Gasteiger partial charge in [-0.05, 0) is 59.7 Å². The van der Waals surface area contributed by atoms with E-state index >= 15 is 0 Å². The molecule has 2 heterocycles. The highest BCUT2D eigenvalue weighted by molar-refractivity contribution is 6.62. The molecule has 1 aliphatic rings. The van der Waals surface area contributed by atoms with Crippen LogP contribution in [0, 0.1) is 19.7 Å². The summed E-state index contributed by atoms with van der Waals surface area (Å²) >= 11 is 0. The molecular formula is C19H23BFNO3. The Morgan fingerprint density at radius 2 is 1.64 bits per heavy atom. The van der Waals surface area contributed by atoms with Gasteiger partial charge in [-0.25, -0.2) is 4.39 Å². The van der Waals surface area contributed by atoms with Crippen molar-refractivity contribution in [3.63, 3.8) is 0 Å². The maximum Gasteiger partial charge on any atom is 0.497 e. The summed E-state index contributed by atoms with van der Waals surface area (Å²) in [4.78, 5) is 4.35. The van der Waals surface area contributed by atoms with E-state index in [1.54, 1.807) is 12.1 Å². The van der Waals surface area contributed by atoms with Gasteiger partial charge in [0.2, 0.25) is 0 Å². The number of benzene rings is 1. The molecule has 0 spiro atoms. The molecule has 0 unspecified atom stereocenters. The van der Waals surface area contributed by atoms with E-state index in [9.17, 15) is 4.39 Å². The van der Waals surface area contributed by atoms with Crippen LogP contribution in [0.4, 0.5) is 4.39 Å². The third-order valence-corrected chi connectivity index (χ3v) is 4.88. The molecule has 1 saturated heterocycles. The van der Waals surface area contributed by atoms with Gasteiger partial charge in [0.25, 0.3) is 0 Å². The van der Waals surface area contributed by atoms with Crippen LogP contribution in [-0.4, -0.2) is 23.3 Å². The highest BCUT2D eigenvalue weighted by Crippen LogP contribution is 2.37. The van der Waals surface area contributed by atoms with Gasteiger partial charge >= 0.3 is 7.12 Å². The second-order valence-electron chi connectivity index (χ2n) is 7.41. The molecule has 4 nitrogen and oxygen atoms in total. The molecule has 3 rings (SSSR count). The third kappa shape index (κ3) is 3.41. The highest BCUT2D eigenvalue weighted by Gasteiger charge is 2.52. The predicted octanol–water partition coefficient (Wildman–Crippen LogP) is 3.93. The average Bonchev–Trinajstić information content (AvgIpc) is 2.70. The van der Waals surface area contributed by atoms with Gasteiger partial charge in [0.1, 0.15) is 17.3 Å². The van der Waals surface area contributed by atoms with Crippen molar-refractivity contribution >= 4 is 12.6 Å². The van der Waals surface area contributed by atoms with Crippen LogP contribution < -0.4 is 10.2 Å². The summed E-state index contributed by atoms with van der Waals surface area (Å²) in [7, 11) is -0.734. The van der Waals surface area contributed by atoms with Gasteiger partial charge < -0.3 is 14.0 Å². The van der Waals surface area contributed by atoms with E-state index in [0.29, 0.717) is 17.0 Å². The van der Waals surface area contributed by atoms with Gasteiger partial charge in [-0.2, -0.15) is 0 Å². The van der Waals surface area contributed by atoms with E-state index in [-0.39, 0.29) is 0 Å². The van der Waals surface area contributed by atoms with E-state index in [4.69, 9.17) is 14.0 Å². The molecule has 0 bridgehead atoms. The molecule has 132 valence electrons. The fraction of sp³-hybridized carbons (Fsp3) is 0.421. The molecule has 0 amide bonds. The number of pyridine rings is 1. The Bertz CT molecular complexity index is 791. The van der Waals surface area contributed by atoms with Gasteiger partial charge in [-0.3, -0.25) is 4.98 Å². The maximum absolute atomic E-state index is 14.6. The number of halogens is 1. The summed E-state index contributed by atoms with van der Waals surface area (Å²) in [5.74, 6) is 0.591. The molecule has 0 aliphatic carbocycles. The molecule has 25 heavy (non-hydrogen) atoms. The van der Waals surface area contributed by atoms with Crippen LogP contribution in [0.25, 0.3) is 0 Å². The largest absolute Gasteiger partial charge is 0.497 e. The molecule has 1 aromatic heterocycles. The molecular weight excluding hydrogens is 320 g/mol. The van der Waals surface area contributed by atoms with E-state index in [1.165, 1.54) is 6.07 Å². The normalized spacial score (nSPS) is 18.4. The first-order valence-corrected chi connectivity index (χ1v) is 8.36. The fourth-order valence-corrected chi connectivity index (χ4v) is 2.64. The number of aryl methyl sites for hydroxylation is 2. The Morgan fingerprint density at radius 3 is 2.20 bits per heavy atom. The third-order valence-electron chi connectivity index (χ3n) is 4.88. The van der Waals surface area contributed by atoms with Gasteiger partial charge in [0.15, 0.2) is 0 Å². The van der Waals surface area contributed by atoms with Crippen molar-refractivity contribution in [3.8, 4) is 11.5 Å². The van der Waals surface area contributed by atoms with Crippen LogP contribution in [0.1, 0.15) is 39.1 Å². The molecule has 0 N–H and O–H groups in total. The number of ether oxygens (including phenoxy) is 1. The maximum atomic E-state index is 14.6. The lowest BCUT2D eigenvalue weighted by atomic mass is 9.78. The minimum atomic E-state index is -0.734. The van der Waals surface area contributed by atoms with Crippen LogP contribution in [0.15, 0.2) is 30.3 Å². The average molecular weight is 343 g/mol. The van der Waals surface area contributed by atoms with E-state index in [1.807, 2.05) is 53.7 Å². The van der Waals surface area contributed by atoms with E-state index in [0.717, 1.165) is 11.4 Å². The van der Waals surface area contributed by atoms with E-state index < -0.39 is 24.1 Å². The number of rotatable bonds is 3. The first-order chi connectivity index (χ1) is 11.6. The Morgan fingerprint density at radius 1 is 1.00 bits per heavy atom. The van der Waals surface area contributed by atoms with Crippen molar-refractivity contribution in [1.29, 1.82) is 0 Å². The van der Waals surface area contributed by atoms with Gasteiger partial charge in [0, 0.05) is 17.2 Å². The van der Waals surface area contributed by atoms with Gasteiger partial charge in [-0.1, -0.05) is 6.07 Å². The Hall–Kier alpha value is -1.92. The lowest BCUT2D eigenvalue weighted by Gasteiger charge is -2.32. The molecule has 0 atom stereocenters. The summed E-state index contributed by atoms with van der Waals surface area (Å²) in [6.07, 6.45) is 0. The Kier molecular flexibility index (Phi) is 4.37. The number of hydrogen-bond acceptors (Lipinski definition) is 4. The second kappa shape index (κ2) is 6.11. The van der Waals surface area contributed by atoms with E-state index in [2.05, 4.69) is 4.98 Å². The lowest BCUT2D eigenvalue weighted by molar-refractivity contribution is 0.00578. The Labute approximate surface area is 148 Å². The first-order valence-electron chi connectivity index (χ1n) is 8.36. The molecule has 1 fully saturated rings. The zero-order valence-corrected chi connectivity index (χ0v) is 15.5. The molecule has 1 aromatic carbocycles. The van der Waals surface area contributed by atoms with Crippen LogP contribution in [0.5, 0.6) is 11.5 Å². The van der Waals surface area contributed by atoms with Crippen molar-refractivity contribution < 1.29 is 18.4 Å². The zero-order valence-electron chi connectivity index (χ0n) is 15.5. The monoisotopic (exact) mass is 343 g/mol. The quantitative estimate of drug-likeness (QED) is 0.792. The summed E-state index contributed by atoms with van der Waals surface area (Å²) in [6.45, 7) is 11.5. The van der Waals surface area contributed by atoms with Crippen molar-refractivity contribution in [2.24, 2.45) is 0 Å². The SMILES string of the molecule is Cc1ccc(Oc2ccc(B3OC(C)(C)C(C)(C)O3)c(F)c2)c(C)n1. The summed E-state index contributed by atoms with van der Waals surface area (Å²) in [5.41, 5.74) is 1.01.